The van der Waals surface area contributed by atoms with Crippen molar-refractivity contribution in [3.05, 3.63) is 82.2 Å². The standard InChI is InChI=1S/C27H30BrN5O2/c1-18-24(25(28)31-33(18)23-11-5-19(17-29)6-12-23)30-22-9-7-20(8-10-22)21-13-15-32(16-14-21)26(34)35-27(2,3)4/h5-12,21,30-31H,1,13-16H2,2-4H3. The summed E-state index contributed by atoms with van der Waals surface area (Å²) in [5.74, 6) is 0.420. The van der Waals surface area contributed by atoms with E-state index in [0.29, 0.717) is 24.6 Å². The van der Waals surface area contributed by atoms with Crippen molar-refractivity contribution in [2.45, 2.75) is 45.1 Å². The minimum absolute atomic E-state index is 0.227. The summed E-state index contributed by atoms with van der Waals surface area (Å²) in [7, 11) is 0. The Morgan fingerprint density at radius 1 is 1.14 bits per heavy atom. The fraction of sp³-hybridized carbons (Fsp3) is 0.333. The Kier molecular flexibility index (Phi) is 7.08. The lowest BCUT2D eigenvalue weighted by atomic mass is 9.89. The van der Waals surface area contributed by atoms with Crippen LogP contribution < -0.4 is 15.8 Å². The number of nitrogens with zero attached hydrogens (tertiary/aromatic N) is 3. The van der Waals surface area contributed by atoms with Crippen molar-refractivity contribution >= 4 is 33.4 Å². The number of benzene rings is 2. The van der Waals surface area contributed by atoms with E-state index in [1.165, 1.54) is 5.56 Å². The van der Waals surface area contributed by atoms with Gasteiger partial charge in [-0.25, -0.2) is 4.79 Å². The second-order valence-corrected chi connectivity index (χ2v) is 10.5. The number of hydrogen-bond donors (Lipinski definition) is 2. The first-order valence-electron chi connectivity index (χ1n) is 11.7. The van der Waals surface area contributed by atoms with E-state index in [2.05, 4.69) is 63.6 Å². The first-order chi connectivity index (χ1) is 16.6. The molecular formula is C27H30BrN5O2. The van der Waals surface area contributed by atoms with Crippen molar-refractivity contribution in [3.63, 3.8) is 0 Å². The molecule has 0 aromatic heterocycles. The maximum absolute atomic E-state index is 12.3. The normalized spacial score (nSPS) is 16.7. The van der Waals surface area contributed by atoms with Gasteiger partial charge < -0.3 is 15.0 Å². The van der Waals surface area contributed by atoms with Crippen LogP contribution in [-0.4, -0.2) is 29.7 Å². The number of amides is 1. The Morgan fingerprint density at radius 2 is 1.77 bits per heavy atom. The Labute approximate surface area is 215 Å². The minimum Gasteiger partial charge on any atom is -0.444 e. The second-order valence-electron chi connectivity index (χ2n) is 9.73. The van der Waals surface area contributed by atoms with Crippen molar-refractivity contribution in [2.75, 3.05) is 23.4 Å². The van der Waals surface area contributed by atoms with Crippen molar-refractivity contribution in [1.82, 2.24) is 10.3 Å². The molecule has 0 atom stereocenters. The van der Waals surface area contributed by atoms with Crippen LogP contribution in [0.2, 0.25) is 0 Å². The van der Waals surface area contributed by atoms with Crippen LogP contribution in [0.3, 0.4) is 0 Å². The highest BCUT2D eigenvalue weighted by Crippen LogP contribution is 2.33. The van der Waals surface area contributed by atoms with Crippen LogP contribution in [0.1, 0.15) is 50.7 Å². The van der Waals surface area contributed by atoms with Crippen LogP contribution >= 0.6 is 15.9 Å². The monoisotopic (exact) mass is 535 g/mol. The molecule has 0 spiro atoms. The lowest BCUT2D eigenvalue weighted by Crippen LogP contribution is -2.41. The maximum Gasteiger partial charge on any atom is 0.410 e. The third-order valence-electron chi connectivity index (χ3n) is 6.04. The number of carbonyl (C=O) groups excluding carboxylic acids is 1. The van der Waals surface area contributed by atoms with Crippen LogP contribution in [0.5, 0.6) is 0 Å². The van der Waals surface area contributed by atoms with E-state index in [1.807, 2.05) is 37.9 Å². The number of nitriles is 1. The number of carbonyl (C=O) groups is 1. The van der Waals surface area contributed by atoms with Gasteiger partial charge in [-0.05, 0) is 97.4 Å². The molecule has 2 heterocycles. The van der Waals surface area contributed by atoms with Gasteiger partial charge >= 0.3 is 6.09 Å². The molecule has 4 rings (SSSR count). The van der Waals surface area contributed by atoms with Gasteiger partial charge in [0.2, 0.25) is 0 Å². The number of hydrogen-bond acceptors (Lipinski definition) is 6. The van der Waals surface area contributed by atoms with Crippen molar-refractivity contribution < 1.29 is 9.53 Å². The molecule has 8 heteroatoms. The molecule has 1 fully saturated rings. The van der Waals surface area contributed by atoms with E-state index in [4.69, 9.17) is 10.00 Å². The predicted molar refractivity (Wildman–Crippen MR) is 142 cm³/mol. The number of halogens is 1. The molecule has 2 aliphatic heterocycles. The Hall–Kier alpha value is -3.44. The zero-order valence-electron chi connectivity index (χ0n) is 20.3. The number of hydrazine groups is 1. The summed E-state index contributed by atoms with van der Waals surface area (Å²) < 4.78 is 6.29. The molecule has 2 aromatic carbocycles. The van der Waals surface area contributed by atoms with Gasteiger partial charge in [0.15, 0.2) is 0 Å². The zero-order valence-corrected chi connectivity index (χ0v) is 21.9. The first kappa shape index (κ1) is 24.7. The van der Waals surface area contributed by atoms with Gasteiger partial charge in [0, 0.05) is 18.8 Å². The lowest BCUT2D eigenvalue weighted by Gasteiger charge is -2.33. The molecule has 0 bridgehead atoms. The molecule has 2 aliphatic rings. The van der Waals surface area contributed by atoms with E-state index < -0.39 is 5.60 Å². The number of likely N-dealkylation sites (tertiary alicyclic amines) is 1. The zero-order chi connectivity index (χ0) is 25.2. The third kappa shape index (κ3) is 5.80. The summed E-state index contributed by atoms with van der Waals surface area (Å²) >= 11 is 3.59. The number of rotatable bonds is 4. The SMILES string of the molecule is C=C1C(Nc2ccc(C3CCN(C(=O)OC(C)(C)C)CC3)cc2)=C(Br)NN1c1ccc(C#N)cc1. The number of piperidine rings is 1. The molecule has 1 amide bonds. The molecule has 0 unspecified atom stereocenters. The maximum atomic E-state index is 12.3. The smallest absolute Gasteiger partial charge is 0.410 e. The van der Waals surface area contributed by atoms with Crippen molar-refractivity contribution in [3.8, 4) is 6.07 Å². The molecule has 1 saturated heterocycles. The summed E-state index contributed by atoms with van der Waals surface area (Å²) in [4.78, 5) is 14.1. The second kappa shape index (κ2) is 10.0. The number of anilines is 2. The van der Waals surface area contributed by atoms with Crippen molar-refractivity contribution in [2.24, 2.45) is 0 Å². The minimum atomic E-state index is -0.472. The molecular weight excluding hydrogens is 506 g/mol. The van der Waals surface area contributed by atoms with E-state index in [0.717, 1.165) is 40.2 Å². The summed E-state index contributed by atoms with van der Waals surface area (Å²) in [5.41, 5.74) is 8.12. The van der Waals surface area contributed by atoms with Gasteiger partial charge in [-0.1, -0.05) is 18.7 Å². The Balaban J connectivity index is 1.35. The van der Waals surface area contributed by atoms with E-state index in [1.54, 1.807) is 17.0 Å². The average molecular weight is 536 g/mol. The van der Waals surface area contributed by atoms with Crippen LogP contribution in [0.4, 0.5) is 16.2 Å². The number of nitrogens with one attached hydrogen (secondary N) is 2. The molecule has 182 valence electrons. The third-order valence-corrected chi connectivity index (χ3v) is 6.61. The van der Waals surface area contributed by atoms with Crippen LogP contribution in [0, 0.1) is 11.3 Å². The van der Waals surface area contributed by atoms with Gasteiger partial charge in [0.05, 0.1) is 28.7 Å². The lowest BCUT2D eigenvalue weighted by molar-refractivity contribution is 0.0205. The Bertz CT molecular complexity index is 1170. The average Bonchev–Trinajstić information content (AvgIpc) is 3.12. The van der Waals surface area contributed by atoms with Gasteiger partial charge in [-0.15, -0.1) is 0 Å². The molecule has 0 saturated carbocycles. The van der Waals surface area contributed by atoms with Crippen LogP contribution in [0.25, 0.3) is 0 Å². The highest BCUT2D eigenvalue weighted by atomic mass is 79.9. The molecule has 0 radical (unpaired) electrons. The topological polar surface area (TPSA) is 80.6 Å². The van der Waals surface area contributed by atoms with Crippen LogP contribution in [-0.2, 0) is 4.74 Å². The number of ether oxygens (including phenoxy) is 1. The molecule has 7 nitrogen and oxygen atoms in total. The van der Waals surface area contributed by atoms with Crippen LogP contribution in [0.15, 0.2) is 71.1 Å². The highest BCUT2D eigenvalue weighted by molar-refractivity contribution is 9.11. The van der Waals surface area contributed by atoms with Gasteiger partial charge in [-0.2, -0.15) is 5.26 Å². The van der Waals surface area contributed by atoms with Gasteiger partial charge in [-0.3, -0.25) is 10.4 Å². The first-order valence-corrected chi connectivity index (χ1v) is 12.4. The predicted octanol–water partition coefficient (Wildman–Crippen LogP) is 6.19. The molecule has 2 N–H and O–H groups in total. The Morgan fingerprint density at radius 3 is 2.34 bits per heavy atom. The molecule has 2 aromatic rings. The summed E-state index contributed by atoms with van der Waals surface area (Å²) in [6.45, 7) is 11.3. The summed E-state index contributed by atoms with van der Waals surface area (Å²) in [5, 5.41) is 14.3. The molecule has 0 aliphatic carbocycles. The van der Waals surface area contributed by atoms with Gasteiger partial charge in [0.25, 0.3) is 0 Å². The summed E-state index contributed by atoms with van der Waals surface area (Å²) in [6, 6.07) is 17.9. The fourth-order valence-electron chi connectivity index (χ4n) is 4.20. The highest BCUT2D eigenvalue weighted by Gasteiger charge is 2.28. The quantitative estimate of drug-likeness (QED) is 0.454. The molecule has 35 heavy (non-hydrogen) atoms. The van der Waals surface area contributed by atoms with Crippen molar-refractivity contribution in [1.29, 1.82) is 5.26 Å². The fourth-order valence-corrected chi connectivity index (χ4v) is 4.70. The largest absolute Gasteiger partial charge is 0.444 e. The van der Waals surface area contributed by atoms with E-state index >= 15 is 0 Å². The summed E-state index contributed by atoms with van der Waals surface area (Å²) in [6.07, 6.45) is 1.61. The van der Waals surface area contributed by atoms with E-state index in [9.17, 15) is 4.79 Å². The van der Waals surface area contributed by atoms with Gasteiger partial charge in [0.1, 0.15) is 10.2 Å². The van der Waals surface area contributed by atoms with E-state index in [-0.39, 0.29) is 6.09 Å².